The molecule has 29 heavy (non-hydrogen) atoms. The molecule has 3 aromatic rings. The van der Waals surface area contributed by atoms with Crippen LogP contribution in [0, 0.1) is 0 Å². The lowest BCUT2D eigenvalue weighted by Crippen LogP contribution is -2.23. The van der Waals surface area contributed by atoms with E-state index in [-0.39, 0.29) is 5.75 Å². The van der Waals surface area contributed by atoms with Crippen LogP contribution in [0.5, 0.6) is 17.2 Å². The Labute approximate surface area is 168 Å². The molecule has 2 aromatic heterocycles. The lowest BCUT2D eigenvalue weighted by Gasteiger charge is -2.18. The second kappa shape index (κ2) is 7.27. The van der Waals surface area contributed by atoms with Crippen LogP contribution in [0.1, 0.15) is 31.2 Å². The van der Waals surface area contributed by atoms with E-state index >= 15 is 0 Å². The summed E-state index contributed by atoms with van der Waals surface area (Å²) in [5.41, 5.74) is 4.71. The monoisotopic (exact) mass is 397 g/mol. The maximum Gasteiger partial charge on any atom is 0.344 e. The molecular weight excluding hydrogens is 374 g/mol. The van der Waals surface area contributed by atoms with Gasteiger partial charge in [0.1, 0.15) is 5.52 Å². The molecule has 0 radical (unpaired) electrons. The molecule has 1 aliphatic rings. The summed E-state index contributed by atoms with van der Waals surface area (Å²) >= 11 is 0. The number of fused-ring (bicyclic) bond motifs is 1. The quantitative estimate of drug-likeness (QED) is 0.653. The topological polar surface area (TPSA) is 95.7 Å². The Morgan fingerprint density at radius 1 is 1.21 bits per heavy atom. The molecule has 4 rings (SSSR count). The van der Waals surface area contributed by atoms with Crippen LogP contribution in [0.2, 0.25) is 0 Å². The second-order valence-corrected chi connectivity index (χ2v) is 7.18. The second-order valence-electron chi connectivity index (χ2n) is 7.18. The predicted octanol–water partition coefficient (Wildman–Crippen LogP) is 3.38. The first kappa shape index (κ1) is 19.0. The predicted molar refractivity (Wildman–Crippen MR) is 107 cm³/mol. The highest BCUT2D eigenvalue weighted by molar-refractivity contribution is 5.83. The van der Waals surface area contributed by atoms with Crippen LogP contribution in [-0.4, -0.2) is 46.2 Å². The number of nitrogens with zero attached hydrogens (tertiary/aromatic N) is 3. The molecule has 2 heterocycles. The van der Waals surface area contributed by atoms with Crippen molar-refractivity contribution >= 4 is 17.0 Å². The SMILES string of the molecule is COc1cc(-c2cc(C3CC3)c3c(cnn3C)n2)cc(OC)c1OC(C)C(=O)O. The summed E-state index contributed by atoms with van der Waals surface area (Å²) in [5.74, 6) is 0.467. The summed E-state index contributed by atoms with van der Waals surface area (Å²) in [4.78, 5) is 16.0. The molecule has 0 spiro atoms. The number of carboxylic acid groups (broad SMARTS) is 1. The van der Waals surface area contributed by atoms with Crippen molar-refractivity contribution in [2.45, 2.75) is 31.8 Å². The van der Waals surface area contributed by atoms with Gasteiger partial charge in [0.25, 0.3) is 0 Å². The largest absolute Gasteiger partial charge is 0.493 e. The number of carbonyl (C=O) groups is 1. The molecule has 0 bridgehead atoms. The van der Waals surface area contributed by atoms with Gasteiger partial charge >= 0.3 is 5.97 Å². The van der Waals surface area contributed by atoms with Crippen molar-refractivity contribution in [1.29, 1.82) is 0 Å². The zero-order chi connectivity index (χ0) is 20.7. The van der Waals surface area contributed by atoms with Gasteiger partial charge in [-0.1, -0.05) is 0 Å². The third-order valence-corrected chi connectivity index (χ3v) is 5.14. The third-order valence-electron chi connectivity index (χ3n) is 5.14. The van der Waals surface area contributed by atoms with Crippen molar-refractivity contribution in [2.24, 2.45) is 7.05 Å². The van der Waals surface area contributed by atoms with Gasteiger partial charge in [-0.25, -0.2) is 9.78 Å². The Morgan fingerprint density at radius 2 is 1.86 bits per heavy atom. The van der Waals surface area contributed by atoms with Gasteiger partial charge in [-0.3, -0.25) is 4.68 Å². The van der Waals surface area contributed by atoms with Gasteiger partial charge in [-0.05, 0) is 49.4 Å². The van der Waals surface area contributed by atoms with E-state index in [4.69, 9.17) is 24.3 Å². The van der Waals surface area contributed by atoms with E-state index in [9.17, 15) is 4.79 Å². The third kappa shape index (κ3) is 3.46. The van der Waals surface area contributed by atoms with Crippen LogP contribution >= 0.6 is 0 Å². The minimum Gasteiger partial charge on any atom is -0.493 e. The van der Waals surface area contributed by atoms with E-state index in [1.54, 1.807) is 18.3 Å². The lowest BCUT2D eigenvalue weighted by atomic mass is 10.0. The zero-order valence-corrected chi connectivity index (χ0v) is 16.8. The lowest BCUT2D eigenvalue weighted by molar-refractivity contribution is -0.144. The van der Waals surface area contributed by atoms with E-state index in [0.717, 1.165) is 35.1 Å². The van der Waals surface area contributed by atoms with Gasteiger partial charge in [0.15, 0.2) is 17.6 Å². The highest BCUT2D eigenvalue weighted by Gasteiger charge is 2.28. The number of benzene rings is 1. The van der Waals surface area contributed by atoms with Gasteiger partial charge < -0.3 is 19.3 Å². The number of carboxylic acids is 1. The van der Waals surface area contributed by atoms with E-state index in [1.807, 2.05) is 11.7 Å². The number of methoxy groups -OCH3 is 2. The van der Waals surface area contributed by atoms with Crippen molar-refractivity contribution in [1.82, 2.24) is 14.8 Å². The minimum atomic E-state index is -1.07. The van der Waals surface area contributed by atoms with E-state index < -0.39 is 12.1 Å². The zero-order valence-electron chi connectivity index (χ0n) is 16.8. The first-order valence-corrected chi connectivity index (χ1v) is 9.41. The maximum absolute atomic E-state index is 11.2. The highest BCUT2D eigenvalue weighted by Crippen LogP contribution is 2.46. The fourth-order valence-electron chi connectivity index (χ4n) is 3.44. The average Bonchev–Trinajstić information content (AvgIpc) is 3.50. The smallest absolute Gasteiger partial charge is 0.344 e. The first-order chi connectivity index (χ1) is 13.9. The fraction of sp³-hybridized carbons (Fsp3) is 0.381. The Morgan fingerprint density at radius 3 is 2.41 bits per heavy atom. The molecule has 1 fully saturated rings. The molecule has 8 heteroatoms. The standard InChI is InChI=1S/C21H23N3O5/c1-11(21(25)26)29-20-17(27-3)7-13(8-18(20)28-4)15-9-14(12-5-6-12)19-16(23-15)10-22-24(19)2/h7-12H,5-6H2,1-4H3,(H,25,26). The van der Waals surface area contributed by atoms with Crippen LogP contribution in [-0.2, 0) is 11.8 Å². The van der Waals surface area contributed by atoms with Gasteiger partial charge in [0.05, 0.1) is 31.6 Å². The van der Waals surface area contributed by atoms with Crippen molar-refractivity contribution < 1.29 is 24.1 Å². The molecule has 1 saturated carbocycles. The van der Waals surface area contributed by atoms with Gasteiger partial charge in [0.2, 0.25) is 5.75 Å². The number of ether oxygens (including phenoxy) is 3. The van der Waals surface area contributed by atoms with E-state index in [1.165, 1.54) is 26.7 Å². The number of aliphatic carboxylic acids is 1. The van der Waals surface area contributed by atoms with Crippen LogP contribution in [0.15, 0.2) is 24.4 Å². The maximum atomic E-state index is 11.2. The van der Waals surface area contributed by atoms with Crippen LogP contribution < -0.4 is 14.2 Å². The Balaban J connectivity index is 1.84. The number of rotatable bonds is 7. The first-order valence-electron chi connectivity index (χ1n) is 9.41. The summed E-state index contributed by atoms with van der Waals surface area (Å²) in [6.07, 6.45) is 3.05. The summed E-state index contributed by atoms with van der Waals surface area (Å²) in [7, 11) is 4.94. The number of pyridine rings is 1. The Kier molecular flexibility index (Phi) is 4.77. The molecule has 1 unspecified atom stereocenters. The molecule has 0 amide bonds. The fourth-order valence-corrected chi connectivity index (χ4v) is 3.44. The van der Waals surface area contributed by atoms with Crippen molar-refractivity contribution in [3.05, 3.63) is 30.0 Å². The van der Waals surface area contributed by atoms with Crippen LogP contribution in [0.4, 0.5) is 0 Å². The van der Waals surface area contributed by atoms with Crippen LogP contribution in [0.3, 0.4) is 0 Å². The van der Waals surface area contributed by atoms with Crippen molar-refractivity contribution in [2.75, 3.05) is 14.2 Å². The minimum absolute atomic E-state index is 0.249. The number of aryl methyl sites for hydroxylation is 1. The molecule has 1 N–H and O–H groups in total. The number of hydrogen-bond acceptors (Lipinski definition) is 6. The molecule has 152 valence electrons. The Hall–Kier alpha value is -3.29. The Bertz CT molecular complexity index is 1060. The molecule has 8 nitrogen and oxygen atoms in total. The van der Waals surface area contributed by atoms with Gasteiger partial charge in [0, 0.05) is 12.6 Å². The average molecular weight is 397 g/mol. The van der Waals surface area contributed by atoms with Crippen LogP contribution in [0.25, 0.3) is 22.3 Å². The van der Waals surface area contributed by atoms with Gasteiger partial charge in [-0.15, -0.1) is 0 Å². The molecule has 1 aromatic carbocycles. The molecule has 1 atom stereocenters. The normalized spacial score (nSPS) is 14.6. The number of aromatic nitrogens is 3. The van der Waals surface area contributed by atoms with Crippen molar-refractivity contribution in [3.63, 3.8) is 0 Å². The summed E-state index contributed by atoms with van der Waals surface area (Å²) in [6.45, 7) is 1.45. The van der Waals surface area contributed by atoms with Crippen molar-refractivity contribution in [3.8, 4) is 28.5 Å². The molecular formula is C21H23N3O5. The highest BCUT2D eigenvalue weighted by atomic mass is 16.6. The summed E-state index contributed by atoms with van der Waals surface area (Å²) < 4.78 is 18.4. The van der Waals surface area contributed by atoms with Gasteiger partial charge in [-0.2, -0.15) is 5.10 Å². The van der Waals surface area contributed by atoms with E-state index in [2.05, 4.69) is 11.2 Å². The summed E-state index contributed by atoms with van der Waals surface area (Å²) in [6, 6.07) is 5.66. The molecule has 0 aliphatic heterocycles. The molecule has 0 saturated heterocycles. The summed E-state index contributed by atoms with van der Waals surface area (Å²) in [5, 5.41) is 13.5. The van der Waals surface area contributed by atoms with E-state index in [0.29, 0.717) is 17.4 Å². The molecule has 1 aliphatic carbocycles. The number of hydrogen-bond donors (Lipinski definition) is 1.